The maximum Gasteiger partial charge on any atom is 0.407 e. The van der Waals surface area contributed by atoms with Crippen molar-refractivity contribution in [1.29, 1.82) is 0 Å². The third kappa shape index (κ3) is 3.59. The lowest BCUT2D eigenvalue weighted by atomic mass is 9.98. The second-order valence-electron chi connectivity index (χ2n) is 6.97. The number of carboxylic acid groups (broad SMARTS) is 1. The first-order valence-electron chi connectivity index (χ1n) is 9.58. The maximum atomic E-state index is 12.4. The van der Waals surface area contributed by atoms with Crippen molar-refractivity contribution in [2.45, 2.75) is 12.5 Å². The number of hydrogen-bond acceptors (Lipinski definition) is 4. The van der Waals surface area contributed by atoms with Crippen molar-refractivity contribution in [1.82, 2.24) is 5.32 Å². The standard InChI is InChI=1S/C24H21NO5/c1-29-22-12-6-11-19(23(26)27)20(22)13-25-24(28)30-14-21-17-9-4-2-7-15(17)16-8-3-5-10-18(16)21/h2-12,21H,13-14H2,1H3,(H,25,28)(H,26,27). The number of carbonyl (C=O) groups is 2. The van der Waals surface area contributed by atoms with Crippen molar-refractivity contribution in [3.8, 4) is 16.9 Å². The van der Waals surface area contributed by atoms with E-state index in [1.54, 1.807) is 12.1 Å². The third-order valence-electron chi connectivity index (χ3n) is 5.34. The Kier molecular flexibility index (Phi) is 5.39. The highest BCUT2D eigenvalue weighted by molar-refractivity contribution is 5.90. The van der Waals surface area contributed by atoms with Crippen LogP contribution in [0.15, 0.2) is 66.7 Å². The van der Waals surface area contributed by atoms with Crippen LogP contribution in [-0.4, -0.2) is 30.9 Å². The molecule has 1 aliphatic carbocycles. The number of carbonyl (C=O) groups excluding carboxylic acids is 1. The van der Waals surface area contributed by atoms with Gasteiger partial charge in [0.05, 0.1) is 19.2 Å². The molecule has 0 bridgehead atoms. The van der Waals surface area contributed by atoms with Gasteiger partial charge in [0, 0.05) is 11.5 Å². The number of amides is 1. The molecule has 0 spiro atoms. The minimum Gasteiger partial charge on any atom is -0.496 e. The van der Waals surface area contributed by atoms with Gasteiger partial charge in [0.2, 0.25) is 0 Å². The van der Waals surface area contributed by atoms with Crippen molar-refractivity contribution >= 4 is 12.1 Å². The van der Waals surface area contributed by atoms with Gasteiger partial charge in [-0.25, -0.2) is 9.59 Å². The highest BCUT2D eigenvalue weighted by Gasteiger charge is 2.29. The molecule has 0 atom stereocenters. The number of benzene rings is 3. The van der Waals surface area contributed by atoms with Crippen molar-refractivity contribution in [3.63, 3.8) is 0 Å². The Balaban J connectivity index is 1.45. The van der Waals surface area contributed by atoms with Crippen LogP contribution in [0.2, 0.25) is 0 Å². The van der Waals surface area contributed by atoms with Crippen LogP contribution in [0.3, 0.4) is 0 Å². The van der Waals surface area contributed by atoms with E-state index >= 15 is 0 Å². The molecule has 6 nitrogen and oxygen atoms in total. The predicted octanol–water partition coefficient (Wildman–Crippen LogP) is 4.43. The second-order valence-corrected chi connectivity index (χ2v) is 6.97. The van der Waals surface area contributed by atoms with Gasteiger partial charge in [0.25, 0.3) is 0 Å². The maximum absolute atomic E-state index is 12.4. The summed E-state index contributed by atoms with van der Waals surface area (Å²) in [6, 6.07) is 20.9. The molecule has 3 aromatic rings. The number of alkyl carbamates (subject to hydrolysis) is 1. The van der Waals surface area contributed by atoms with Crippen LogP contribution in [0.1, 0.15) is 33.0 Å². The number of rotatable bonds is 6. The Morgan fingerprint density at radius 1 is 0.933 bits per heavy atom. The van der Waals surface area contributed by atoms with Crippen LogP contribution >= 0.6 is 0 Å². The van der Waals surface area contributed by atoms with E-state index in [-0.39, 0.29) is 24.6 Å². The van der Waals surface area contributed by atoms with Gasteiger partial charge in [-0.15, -0.1) is 0 Å². The van der Waals surface area contributed by atoms with E-state index in [1.807, 2.05) is 24.3 Å². The van der Waals surface area contributed by atoms with Crippen molar-refractivity contribution in [2.75, 3.05) is 13.7 Å². The van der Waals surface area contributed by atoms with E-state index < -0.39 is 12.1 Å². The zero-order chi connectivity index (χ0) is 21.1. The summed E-state index contributed by atoms with van der Waals surface area (Å²) in [5.41, 5.74) is 5.03. The summed E-state index contributed by atoms with van der Waals surface area (Å²) in [5, 5.41) is 12.0. The van der Waals surface area contributed by atoms with Crippen molar-refractivity contribution in [3.05, 3.63) is 89.0 Å². The largest absolute Gasteiger partial charge is 0.496 e. The van der Waals surface area contributed by atoms with Gasteiger partial charge < -0.3 is 19.9 Å². The normalized spacial score (nSPS) is 12.0. The minimum absolute atomic E-state index is 0.0116. The summed E-state index contributed by atoms with van der Waals surface area (Å²) in [4.78, 5) is 23.8. The summed E-state index contributed by atoms with van der Waals surface area (Å²) in [6.45, 7) is 0.180. The zero-order valence-corrected chi connectivity index (χ0v) is 16.4. The molecule has 0 saturated heterocycles. The molecule has 152 valence electrons. The van der Waals surface area contributed by atoms with Crippen molar-refractivity contribution in [2.24, 2.45) is 0 Å². The van der Waals surface area contributed by atoms with Gasteiger partial charge in [-0.3, -0.25) is 0 Å². The molecule has 0 unspecified atom stereocenters. The summed E-state index contributed by atoms with van der Waals surface area (Å²) >= 11 is 0. The number of ether oxygens (including phenoxy) is 2. The fourth-order valence-corrected chi connectivity index (χ4v) is 3.95. The molecule has 4 rings (SSSR count). The van der Waals surface area contributed by atoms with Crippen LogP contribution in [0, 0.1) is 0 Å². The van der Waals surface area contributed by atoms with Gasteiger partial charge in [0.15, 0.2) is 0 Å². The lowest BCUT2D eigenvalue weighted by Gasteiger charge is -2.16. The average Bonchev–Trinajstić information content (AvgIpc) is 3.09. The van der Waals surface area contributed by atoms with E-state index in [4.69, 9.17) is 9.47 Å². The lowest BCUT2D eigenvalue weighted by molar-refractivity contribution is 0.0694. The second kappa shape index (κ2) is 8.29. The van der Waals surface area contributed by atoms with Crippen LogP contribution in [0.5, 0.6) is 5.75 Å². The molecule has 0 aliphatic heterocycles. The van der Waals surface area contributed by atoms with Gasteiger partial charge in [0.1, 0.15) is 12.4 Å². The number of fused-ring (bicyclic) bond motifs is 3. The lowest BCUT2D eigenvalue weighted by Crippen LogP contribution is -2.26. The molecule has 6 heteroatoms. The van der Waals surface area contributed by atoms with Gasteiger partial charge in [-0.1, -0.05) is 54.6 Å². The number of nitrogens with one attached hydrogen (secondary N) is 1. The fraction of sp³-hybridized carbons (Fsp3) is 0.167. The summed E-state index contributed by atoms with van der Waals surface area (Å²) < 4.78 is 10.7. The topological polar surface area (TPSA) is 84.9 Å². The molecular formula is C24H21NO5. The monoisotopic (exact) mass is 403 g/mol. The Labute approximate surface area is 174 Å². The van der Waals surface area contributed by atoms with Gasteiger partial charge in [-0.05, 0) is 34.4 Å². The molecule has 0 aromatic heterocycles. The SMILES string of the molecule is COc1cccc(C(=O)O)c1CNC(=O)OCC1c2ccccc2-c2ccccc21. The first-order valence-corrected chi connectivity index (χ1v) is 9.58. The molecule has 0 heterocycles. The Morgan fingerprint density at radius 3 is 2.17 bits per heavy atom. The molecule has 3 aromatic carbocycles. The number of carboxylic acids is 1. The molecule has 0 fully saturated rings. The first kappa shape index (κ1) is 19.5. The van der Waals surface area contributed by atoms with E-state index in [0.29, 0.717) is 11.3 Å². The first-order chi connectivity index (χ1) is 14.6. The van der Waals surface area contributed by atoms with Crippen LogP contribution < -0.4 is 10.1 Å². The minimum atomic E-state index is -1.08. The summed E-state index contributed by atoms with van der Waals surface area (Å²) in [5.74, 6) is -0.726. The van der Waals surface area contributed by atoms with E-state index in [0.717, 1.165) is 22.3 Å². The Bertz CT molecular complexity index is 1060. The van der Waals surface area contributed by atoms with Crippen molar-refractivity contribution < 1.29 is 24.2 Å². The van der Waals surface area contributed by atoms with E-state index in [1.165, 1.54) is 13.2 Å². The van der Waals surface area contributed by atoms with Crippen LogP contribution in [-0.2, 0) is 11.3 Å². The predicted molar refractivity (Wildman–Crippen MR) is 112 cm³/mol. The zero-order valence-electron chi connectivity index (χ0n) is 16.4. The highest BCUT2D eigenvalue weighted by Crippen LogP contribution is 2.44. The Morgan fingerprint density at radius 2 is 1.57 bits per heavy atom. The number of hydrogen-bond donors (Lipinski definition) is 2. The quantitative estimate of drug-likeness (QED) is 0.636. The summed E-state index contributed by atoms with van der Waals surface area (Å²) in [7, 11) is 1.46. The third-order valence-corrected chi connectivity index (χ3v) is 5.34. The smallest absolute Gasteiger partial charge is 0.407 e. The molecular weight excluding hydrogens is 382 g/mol. The summed E-state index contributed by atoms with van der Waals surface area (Å²) in [6.07, 6.45) is -0.612. The molecule has 2 N–H and O–H groups in total. The molecule has 0 saturated carbocycles. The fourth-order valence-electron chi connectivity index (χ4n) is 3.95. The molecule has 30 heavy (non-hydrogen) atoms. The molecule has 1 aliphatic rings. The number of aromatic carboxylic acids is 1. The Hall–Kier alpha value is -3.80. The van der Waals surface area contributed by atoms with Crippen LogP contribution in [0.4, 0.5) is 4.79 Å². The highest BCUT2D eigenvalue weighted by atomic mass is 16.5. The van der Waals surface area contributed by atoms with E-state index in [2.05, 4.69) is 29.6 Å². The number of methoxy groups -OCH3 is 1. The van der Waals surface area contributed by atoms with Gasteiger partial charge >= 0.3 is 12.1 Å². The average molecular weight is 403 g/mol. The molecule has 0 radical (unpaired) electrons. The van der Waals surface area contributed by atoms with Gasteiger partial charge in [-0.2, -0.15) is 0 Å². The van der Waals surface area contributed by atoms with Crippen LogP contribution in [0.25, 0.3) is 11.1 Å². The van der Waals surface area contributed by atoms with E-state index in [9.17, 15) is 14.7 Å². The molecule has 1 amide bonds.